The van der Waals surface area contributed by atoms with Crippen LogP contribution in [-0.2, 0) is 21.4 Å². The highest BCUT2D eigenvalue weighted by Crippen LogP contribution is 2.24. The molecule has 1 N–H and O–H groups in total. The Balaban J connectivity index is 1.63. The second-order valence-corrected chi connectivity index (χ2v) is 9.02. The van der Waals surface area contributed by atoms with Gasteiger partial charge in [0.25, 0.3) is 0 Å². The molecule has 0 spiro atoms. The minimum absolute atomic E-state index is 0.119. The lowest BCUT2D eigenvalue weighted by Crippen LogP contribution is -2.45. The molecule has 0 aliphatic carbocycles. The highest BCUT2D eigenvalue weighted by molar-refractivity contribution is 7.89. The number of benzene rings is 2. The Bertz CT molecular complexity index is 926. The minimum atomic E-state index is -3.58. The van der Waals surface area contributed by atoms with Gasteiger partial charge in [-0.2, -0.15) is 4.31 Å². The smallest absolute Gasteiger partial charge is 0.243 e. The van der Waals surface area contributed by atoms with Gasteiger partial charge in [0.2, 0.25) is 15.9 Å². The van der Waals surface area contributed by atoms with E-state index in [-0.39, 0.29) is 23.3 Å². The number of hydrogen-bond acceptors (Lipinski definition) is 4. The zero-order valence-electron chi connectivity index (χ0n) is 16.2. The summed E-state index contributed by atoms with van der Waals surface area (Å²) in [4.78, 5) is 12.9. The van der Waals surface area contributed by atoms with Crippen molar-refractivity contribution in [2.45, 2.75) is 31.2 Å². The fraction of sp³-hybridized carbons (Fsp3) is 0.381. The van der Waals surface area contributed by atoms with Gasteiger partial charge in [-0.15, -0.1) is 0 Å². The van der Waals surface area contributed by atoms with Crippen molar-refractivity contribution >= 4 is 15.9 Å². The van der Waals surface area contributed by atoms with Crippen LogP contribution in [0.3, 0.4) is 0 Å². The van der Waals surface area contributed by atoms with E-state index in [4.69, 9.17) is 4.74 Å². The van der Waals surface area contributed by atoms with Gasteiger partial charge >= 0.3 is 0 Å². The average molecular weight is 403 g/mol. The van der Waals surface area contributed by atoms with Crippen LogP contribution >= 0.6 is 0 Å². The van der Waals surface area contributed by atoms with Crippen LogP contribution < -0.4 is 10.1 Å². The van der Waals surface area contributed by atoms with E-state index in [9.17, 15) is 13.2 Å². The fourth-order valence-electron chi connectivity index (χ4n) is 3.35. The molecule has 28 heavy (non-hydrogen) atoms. The topological polar surface area (TPSA) is 75.7 Å². The van der Waals surface area contributed by atoms with Crippen LogP contribution in [0.25, 0.3) is 0 Å². The number of piperidine rings is 1. The molecule has 0 bridgehead atoms. The van der Waals surface area contributed by atoms with Gasteiger partial charge in [-0.05, 0) is 49.6 Å². The molecule has 0 saturated carbocycles. The zero-order chi connectivity index (χ0) is 20.1. The van der Waals surface area contributed by atoms with Crippen LogP contribution in [-0.4, -0.2) is 38.8 Å². The maximum atomic E-state index is 12.9. The first-order chi connectivity index (χ1) is 13.4. The lowest BCUT2D eigenvalue weighted by molar-refractivity contribution is -0.126. The third kappa shape index (κ3) is 4.72. The molecule has 1 heterocycles. The second kappa shape index (κ2) is 8.75. The van der Waals surface area contributed by atoms with Crippen molar-refractivity contribution in [2.24, 2.45) is 5.92 Å². The van der Waals surface area contributed by atoms with E-state index in [1.807, 2.05) is 31.2 Å². The van der Waals surface area contributed by atoms with E-state index in [1.54, 1.807) is 31.4 Å². The lowest BCUT2D eigenvalue weighted by Gasteiger charge is -2.31. The van der Waals surface area contributed by atoms with Gasteiger partial charge in [-0.3, -0.25) is 4.79 Å². The van der Waals surface area contributed by atoms with Gasteiger partial charge < -0.3 is 10.1 Å². The van der Waals surface area contributed by atoms with Crippen LogP contribution in [0.15, 0.2) is 53.4 Å². The number of methoxy groups -OCH3 is 1. The normalized spacial score (nSPS) is 17.9. The van der Waals surface area contributed by atoms with Gasteiger partial charge in [0.1, 0.15) is 5.75 Å². The highest BCUT2D eigenvalue weighted by atomic mass is 32.2. The number of amides is 1. The minimum Gasteiger partial charge on any atom is -0.497 e. The summed E-state index contributed by atoms with van der Waals surface area (Å²) in [6.07, 6.45) is 1.35. The zero-order valence-corrected chi connectivity index (χ0v) is 17.0. The molecule has 150 valence electrons. The van der Waals surface area contributed by atoms with E-state index in [0.717, 1.165) is 16.9 Å². The van der Waals surface area contributed by atoms with E-state index in [2.05, 4.69) is 5.32 Å². The molecular formula is C21H26N2O4S. The molecule has 0 unspecified atom stereocenters. The average Bonchev–Trinajstić information content (AvgIpc) is 2.72. The Morgan fingerprint density at radius 3 is 2.68 bits per heavy atom. The van der Waals surface area contributed by atoms with Gasteiger partial charge in [0.05, 0.1) is 17.9 Å². The second-order valence-electron chi connectivity index (χ2n) is 7.08. The molecule has 1 aliphatic rings. The van der Waals surface area contributed by atoms with Crippen LogP contribution in [0, 0.1) is 12.8 Å². The highest BCUT2D eigenvalue weighted by Gasteiger charge is 2.33. The Labute approximate surface area is 166 Å². The molecule has 2 aromatic rings. The Hall–Kier alpha value is -2.38. The number of aryl methyl sites for hydroxylation is 1. The number of ether oxygens (including phenoxy) is 1. The molecule has 2 aromatic carbocycles. The van der Waals surface area contributed by atoms with E-state index < -0.39 is 10.0 Å². The fourth-order valence-corrected chi connectivity index (χ4v) is 4.87. The molecule has 1 amide bonds. The summed E-state index contributed by atoms with van der Waals surface area (Å²) >= 11 is 0. The van der Waals surface area contributed by atoms with Crippen molar-refractivity contribution < 1.29 is 17.9 Å². The monoisotopic (exact) mass is 402 g/mol. The number of rotatable bonds is 6. The van der Waals surface area contributed by atoms with Crippen molar-refractivity contribution in [3.05, 3.63) is 59.7 Å². The van der Waals surface area contributed by atoms with Crippen LogP contribution in [0.1, 0.15) is 24.0 Å². The Kier molecular flexibility index (Phi) is 6.36. The summed E-state index contributed by atoms with van der Waals surface area (Å²) in [5, 5.41) is 2.92. The van der Waals surface area contributed by atoms with Crippen molar-refractivity contribution in [1.82, 2.24) is 9.62 Å². The predicted octanol–water partition coefficient (Wildman–Crippen LogP) is 2.72. The molecule has 1 fully saturated rings. The van der Waals surface area contributed by atoms with E-state index in [1.165, 1.54) is 4.31 Å². The summed E-state index contributed by atoms with van der Waals surface area (Å²) in [6, 6.07) is 14.3. The van der Waals surface area contributed by atoms with Crippen molar-refractivity contribution in [3.8, 4) is 5.75 Å². The van der Waals surface area contributed by atoms with Gasteiger partial charge in [0, 0.05) is 19.6 Å². The van der Waals surface area contributed by atoms with Crippen molar-refractivity contribution in [3.63, 3.8) is 0 Å². The largest absolute Gasteiger partial charge is 0.497 e. The Morgan fingerprint density at radius 1 is 1.21 bits per heavy atom. The molecule has 6 nitrogen and oxygen atoms in total. The molecule has 1 aliphatic heterocycles. The third-order valence-electron chi connectivity index (χ3n) is 5.01. The third-order valence-corrected chi connectivity index (χ3v) is 6.89. The number of hydrogen-bond donors (Lipinski definition) is 1. The first kappa shape index (κ1) is 20.4. The molecular weight excluding hydrogens is 376 g/mol. The van der Waals surface area contributed by atoms with Crippen LogP contribution in [0.2, 0.25) is 0 Å². The lowest BCUT2D eigenvalue weighted by atomic mass is 9.99. The van der Waals surface area contributed by atoms with E-state index >= 15 is 0 Å². The Morgan fingerprint density at radius 2 is 1.96 bits per heavy atom. The maximum absolute atomic E-state index is 12.9. The summed E-state index contributed by atoms with van der Waals surface area (Å²) in [5.74, 6) is 0.269. The summed E-state index contributed by atoms with van der Waals surface area (Å²) in [7, 11) is -1.98. The van der Waals surface area contributed by atoms with Gasteiger partial charge in [-0.25, -0.2) is 8.42 Å². The predicted molar refractivity (Wildman–Crippen MR) is 108 cm³/mol. The quantitative estimate of drug-likeness (QED) is 0.806. The van der Waals surface area contributed by atoms with Crippen LogP contribution in [0.5, 0.6) is 5.75 Å². The van der Waals surface area contributed by atoms with E-state index in [0.29, 0.717) is 25.9 Å². The van der Waals surface area contributed by atoms with Crippen molar-refractivity contribution in [2.75, 3.05) is 20.2 Å². The molecule has 0 radical (unpaired) electrons. The number of carbonyl (C=O) groups excluding carboxylic acids is 1. The van der Waals surface area contributed by atoms with Crippen molar-refractivity contribution in [1.29, 1.82) is 0 Å². The molecule has 7 heteroatoms. The number of sulfonamides is 1. The number of nitrogens with one attached hydrogen (secondary N) is 1. The SMILES string of the molecule is COc1cccc(CNC(=O)[C@H]2CCCN(S(=O)(=O)c3ccc(C)cc3)C2)c1. The standard InChI is InChI=1S/C21H26N2O4S/c1-16-8-10-20(11-9-16)28(25,26)23-12-4-6-18(15-23)21(24)22-14-17-5-3-7-19(13-17)27-2/h3,5,7-11,13,18H,4,6,12,14-15H2,1-2H3,(H,22,24)/t18-/m0/s1. The molecule has 0 aromatic heterocycles. The summed E-state index contributed by atoms with van der Waals surface area (Å²) < 4.78 is 32.4. The first-order valence-corrected chi connectivity index (χ1v) is 10.8. The molecule has 1 saturated heterocycles. The van der Waals surface area contributed by atoms with Gasteiger partial charge in [-0.1, -0.05) is 29.8 Å². The number of nitrogens with zero attached hydrogens (tertiary/aromatic N) is 1. The summed E-state index contributed by atoms with van der Waals surface area (Å²) in [6.45, 7) is 2.95. The number of carbonyl (C=O) groups is 1. The summed E-state index contributed by atoms with van der Waals surface area (Å²) in [5.41, 5.74) is 1.94. The maximum Gasteiger partial charge on any atom is 0.243 e. The first-order valence-electron chi connectivity index (χ1n) is 9.37. The van der Waals surface area contributed by atoms with Gasteiger partial charge in [0.15, 0.2) is 0 Å². The van der Waals surface area contributed by atoms with Crippen LogP contribution in [0.4, 0.5) is 0 Å². The molecule has 3 rings (SSSR count). The molecule has 1 atom stereocenters.